The molecule has 0 fully saturated rings. The van der Waals surface area contributed by atoms with Crippen LogP contribution in [0.2, 0.25) is 0 Å². The van der Waals surface area contributed by atoms with E-state index in [-0.39, 0.29) is 0 Å². The van der Waals surface area contributed by atoms with Crippen LogP contribution < -0.4 is 4.90 Å². The number of anilines is 1. The van der Waals surface area contributed by atoms with Crippen molar-refractivity contribution in [3.05, 3.63) is 34.8 Å². The lowest BCUT2D eigenvalue weighted by atomic mass is 10.1. The van der Waals surface area contributed by atoms with Gasteiger partial charge >= 0.3 is 0 Å². The van der Waals surface area contributed by atoms with Gasteiger partial charge in [-0.05, 0) is 29.7 Å². The first-order valence-corrected chi connectivity index (χ1v) is 9.90. The number of nitrogens with zero attached hydrogens (tertiary/aromatic N) is 4. The molecule has 0 bridgehead atoms. The predicted molar refractivity (Wildman–Crippen MR) is 96.1 cm³/mol. The minimum absolute atomic E-state index is 0.812. The largest absolute Gasteiger partial charge is 0.351 e. The Bertz CT molecular complexity index is 823. The molecule has 0 amide bonds. The summed E-state index contributed by atoms with van der Waals surface area (Å²) in [5.41, 5.74) is 2.26. The zero-order valence-corrected chi connectivity index (χ0v) is 14.5. The molecule has 22 heavy (non-hydrogen) atoms. The molecule has 112 valence electrons. The Morgan fingerprint density at radius 2 is 2.27 bits per heavy atom. The van der Waals surface area contributed by atoms with Crippen LogP contribution in [-0.4, -0.2) is 34.3 Å². The summed E-state index contributed by atoms with van der Waals surface area (Å²) in [6.07, 6.45) is 7.04. The molecule has 4 nitrogen and oxygen atoms in total. The fourth-order valence-electron chi connectivity index (χ4n) is 2.58. The number of aromatic nitrogens is 3. The lowest BCUT2D eigenvalue weighted by Gasteiger charge is -2.27. The summed E-state index contributed by atoms with van der Waals surface area (Å²) >= 11 is 5.15. The molecule has 0 radical (unpaired) electrons. The normalized spacial score (nSPS) is 15.3. The van der Waals surface area contributed by atoms with Crippen LogP contribution in [-0.2, 0) is 0 Å². The number of hydrogen-bond donors (Lipinski definition) is 0. The number of hydrogen-bond acceptors (Lipinski definition) is 7. The van der Waals surface area contributed by atoms with Crippen LogP contribution in [0.5, 0.6) is 0 Å². The minimum Gasteiger partial charge on any atom is -0.351 e. The summed E-state index contributed by atoms with van der Waals surface area (Å²) in [6.45, 7) is 1.88. The number of thioether (sulfide) groups is 1. The molecular weight excluding hydrogens is 332 g/mol. The molecule has 4 heterocycles. The van der Waals surface area contributed by atoms with Crippen molar-refractivity contribution in [2.24, 2.45) is 0 Å². The Balaban J connectivity index is 1.65. The summed E-state index contributed by atoms with van der Waals surface area (Å²) in [7, 11) is 0. The maximum atomic E-state index is 4.53. The third-order valence-corrected chi connectivity index (χ3v) is 6.64. The lowest BCUT2D eigenvalue weighted by Crippen LogP contribution is -2.29. The van der Waals surface area contributed by atoms with E-state index in [4.69, 9.17) is 0 Å². The van der Waals surface area contributed by atoms with Crippen molar-refractivity contribution in [3.8, 4) is 0 Å². The molecular formula is C15H14N4S3. The molecule has 0 N–H and O–H groups in total. The van der Waals surface area contributed by atoms with Gasteiger partial charge in [0.1, 0.15) is 11.0 Å². The number of rotatable bonds is 3. The summed E-state index contributed by atoms with van der Waals surface area (Å²) in [6, 6.07) is 4.31. The van der Waals surface area contributed by atoms with E-state index in [1.54, 1.807) is 29.4 Å². The van der Waals surface area contributed by atoms with E-state index < -0.39 is 0 Å². The monoisotopic (exact) mass is 346 g/mol. The van der Waals surface area contributed by atoms with Crippen LogP contribution >= 0.6 is 34.4 Å². The lowest BCUT2D eigenvalue weighted by molar-refractivity contribution is 0.820. The van der Waals surface area contributed by atoms with E-state index in [2.05, 4.69) is 43.4 Å². The minimum atomic E-state index is 0.812. The van der Waals surface area contributed by atoms with Gasteiger partial charge in [-0.2, -0.15) is 0 Å². The van der Waals surface area contributed by atoms with Gasteiger partial charge < -0.3 is 4.90 Å². The molecule has 7 heteroatoms. The Morgan fingerprint density at radius 3 is 3.00 bits per heavy atom. The third-order valence-electron chi connectivity index (χ3n) is 3.67. The van der Waals surface area contributed by atoms with Gasteiger partial charge in [0.05, 0.1) is 0 Å². The second kappa shape index (κ2) is 5.98. The Hall–Kier alpha value is -1.44. The van der Waals surface area contributed by atoms with E-state index in [1.165, 1.54) is 10.5 Å². The van der Waals surface area contributed by atoms with Crippen LogP contribution in [0, 0.1) is 0 Å². The zero-order valence-electron chi connectivity index (χ0n) is 12.0. The van der Waals surface area contributed by atoms with Crippen molar-refractivity contribution < 1.29 is 0 Å². The SMILES string of the molecule is CSc1nc2ncnc(N3CC=C(c4cccs4)CC3)c2s1. The van der Waals surface area contributed by atoms with Gasteiger partial charge in [0.15, 0.2) is 15.8 Å². The first-order chi connectivity index (χ1) is 10.8. The second-order valence-electron chi connectivity index (χ2n) is 4.94. The van der Waals surface area contributed by atoms with E-state index >= 15 is 0 Å². The highest BCUT2D eigenvalue weighted by Crippen LogP contribution is 2.34. The summed E-state index contributed by atoms with van der Waals surface area (Å²) < 4.78 is 2.14. The predicted octanol–water partition coefficient (Wildman–Crippen LogP) is 4.16. The van der Waals surface area contributed by atoms with E-state index in [9.17, 15) is 0 Å². The van der Waals surface area contributed by atoms with Gasteiger partial charge in [-0.15, -0.1) is 22.7 Å². The summed E-state index contributed by atoms with van der Waals surface area (Å²) in [5, 5.41) is 2.14. The molecule has 0 atom stereocenters. The molecule has 3 aromatic heterocycles. The van der Waals surface area contributed by atoms with Crippen molar-refractivity contribution in [1.82, 2.24) is 15.0 Å². The quantitative estimate of drug-likeness (QED) is 0.666. The molecule has 0 aliphatic carbocycles. The Morgan fingerprint density at radius 1 is 1.32 bits per heavy atom. The Kier molecular flexibility index (Phi) is 3.85. The molecule has 1 aliphatic heterocycles. The van der Waals surface area contributed by atoms with E-state index in [0.29, 0.717) is 0 Å². The molecule has 0 aromatic carbocycles. The fraction of sp³-hybridized carbons (Fsp3) is 0.267. The number of thiazole rings is 1. The molecule has 0 spiro atoms. The molecule has 0 unspecified atom stereocenters. The molecule has 3 aromatic rings. The zero-order chi connectivity index (χ0) is 14.9. The van der Waals surface area contributed by atoms with Crippen molar-refractivity contribution in [2.45, 2.75) is 10.8 Å². The first-order valence-electron chi connectivity index (χ1n) is 6.98. The van der Waals surface area contributed by atoms with Crippen LogP contribution in [0.4, 0.5) is 5.82 Å². The Labute approximate surface area is 140 Å². The number of fused-ring (bicyclic) bond motifs is 1. The maximum Gasteiger partial charge on any atom is 0.176 e. The van der Waals surface area contributed by atoms with E-state index in [1.807, 2.05) is 17.6 Å². The molecule has 0 saturated carbocycles. The van der Waals surface area contributed by atoms with Crippen molar-refractivity contribution >= 4 is 56.2 Å². The topological polar surface area (TPSA) is 41.9 Å². The van der Waals surface area contributed by atoms with E-state index in [0.717, 1.165) is 40.0 Å². The first kappa shape index (κ1) is 14.2. The van der Waals surface area contributed by atoms with Crippen molar-refractivity contribution in [3.63, 3.8) is 0 Å². The van der Waals surface area contributed by atoms with Gasteiger partial charge in [0.25, 0.3) is 0 Å². The van der Waals surface area contributed by atoms with Gasteiger partial charge in [-0.25, -0.2) is 15.0 Å². The van der Waals surface area contributed by atoms with Crippen LogP contribution in [0.1, 0.15) is 11.3 Å². The van der Waals surface area contributed by atoms with Crippen LogP contribution in [0.15, 0.2) is 34.3 Å². The van der Waals surface area contributed by atoms with Gasteiger partial charge in [0.2, 0.25) is 0 Å². The highest BCUT2D eigenvalue weighted by Gasteiger charge is 2.19. The second-order valence-corrected chi connectivity index (χ2v) is 7.94. The van der Waals surface area contributed by atoms with Crippen LogP contribution in [0.25, 0.3) is 15.9 Å². The molecule has 0 saturated heterocycles. The maximum absolute atomic E-state index is 4.53. The average Bonchev–Trinajstić information content (AvgIpc) is 3.23. The fourth-order valence-corrected chi connectivity index (χ4v) is 4.91. The highest BCUT2D eigenvalue weighted by atomic mass is 32.2. The molecule has 1 aliphatic rings. The smallest absolute Gasteiger partial charge is 0.176 e. The summed E-state index contributed by atoms with van der Waals surface area (Å²) in [5.74, 6) is 1.02. The van der Waals surface area contributed by atoms with Crippen molar-refractivity contribution in [1.29, 1.82) is 0 Å². The van der Waals surface area contributed by atoms with Crippen molar-refractivity contribution in [2.75, 3.05) is 24.2 Å². The van der Waals surface area contributed by atoms with Gasteiger partial charge in [0, 0.05) is 18.0 Å². The number of thiophene rings is 1. The summed E-state index contributed by atoms with van der Waals surface area (Å²) in [4.78, 5) is 17.0. The van der Waals surface area contributed by atoms with Gasteiger partial charge in [-0.1, -0.05) is 23.9 Å². The average molecular weight is 347 g/mol. The standard InChI is InChI=1S/C15H14N4S3/c1-20-15-18-13-12(22-15)14(17-9-16-13)19-6-4-10(5-7-19)11-3-2-8-21-11/h2-4,8-9H,5-7H2,1H3. The van der Waals surface area contributed by atoms with Crippen LogP contribution in [0.3, 0.4) is 0 Å². The van der Waals surface area contributed by atoms with Gasteiger partial charge in [-0.3, -0.25) is 0 Å². The molecule has 4 rings (SSSR count). The third kappa shape index (κ3) is 2.53. The highest BCUT2D eigenvalue weighted by molar-refractivity contribution is 8.00.